The van der Waals surface area contributed by atoms with Gasteiger partial charge < -0.3 is 9.52 Å². The highest BCUT2D eigenvalue weighted by atomic mass is 35.5. The number of oxazole rings is 1. The van der Waals surface area contributed by atoms with Crippen molar-refractivity contribution >= 4 is 18.4 Å². The van der Waals surface area contributed by atoms with Crippen molar-refractivity contribution in [1.82, 2.24) is 14.8 Å². The molecule has 8 heteroatoms. The summed E-state index contributed by atoms with van der Waals surface area (Å²) in [5, 5.41) is 8.88. The number of nitrogens with zero attached hydrogens (tertiary/aromatic N) is 3. The molecule has 2 heterocycles. The van der Waals surface area contributed by atoms with Crippen LogP contribution in [0.15, 0.2) is 34.9 Å². The lowest BCUT2D eigenvalue weighted by Gasteiger charge is -2.35. The number of hydrogen-bond acceptors (Lipinski definition) is 5. The maximum absolute atomic E-state index is 13.3. The minimum absolute atomic E-state index is 0. The fourth-order valence-electron chi connectivity index (χ4n) is 3.22. The highest BCUT2D eigenvalue weighted by Gasteiger charge is 2.24. The maximum Gasteiger partial charge on any atom is 0.317 e. The molecule has 1 aliphatic rings. The molecular weight excluding hydrogens is 361 g/mol. The second kappa shape index (κ2) is 9.12. The third-order valence-electron chi connectivity index (χ3n) is 4.57. The first-order valence-electron chi connectivity index (χ1n) is 8.36. The van der Waals surface area contributed by atoms with Gasteiger partial charge in [-0.25, -0.2) is 9.37 Å². The van der Waals surface area contributed by atoms with Crippen LogP contribution in [0.25, 0.3) is 11.5 Å². The van der Waals surface area contributed by atoms with Crippen LogP contribution >= 0.6 is 12.4 Å². The van der Waals surface area contributed by atoms with Gasteiger partial charge in [-0.1, -0.05) is 6.07 Å². The van der Waals surface area contributed by atoms with Crippen LogP contribution in [0.2, 0.25) is 0 Å². The number of piperidine rings is 1. The molecule has 1 fully saturated rings. The van der Waals surface area contributed by atoms with E-state index in [1.807, 2.05) is 11.9 Å². The Morgan fingerprint density at radius 3 is 2.81 bits per heavy atom. The van der Waals surface area contributed by atoms with Gasteiger partial charge in [0.25, 0.3) is 0 Å². The van der Waals surface area contributed by atoms with E-state index in [4.69, 9.17) is 9.52 Å². The molecule has 6 nitrogen and oxygen atoms in total. The van der Waals surface area contributed by atoms with Crippen LogP contribution in [0.1, 0.15) is 18.5 Å². The second-order valence-corrected chi connectivity index (χ2v) is 6.47. The average molecular weight is 384 g/mol. The quantitative estimate of drug-likeness (QED) is 0.827. The Morgan fingerprint density at radius 1 is 1.42 bits per heavy atom. The molecule has 3 rings (SSSR count). The van der Waals surface area contributed by atoms with Crippen molar-refractivity contribution < 1.29 is 18.7 Å². The summed E-state index contributed by atoms with van der Waals surface area (Å²) >= 11 is 0. The van der Waals surface area contributed by atoms with E-state index in [2.05, 4.69) is 9.88 Å². The zero-order valence-electron chi connectivity index (χ0n) is 14.6. The van der Waals surface area contributed by atoms with Crippen molar-refractivity contribution in [2.45, 2.75) is 25.4 Å². The third kappa shape index (κ3) is 5.27. The lowest BCUT2D eigenvalue weighted by molar-refractivity contribution is -0.138. The highest BCUT2D eigenvalue weighted by molar-refractivity contribution is 5.85. The number of carboxylic acids is 1. The Balaban J connectivity index is 0.00000243. The molecule has 142 valence electrons. The Labute approximate surface area is 158 Å². The van der Waals surface area contributed by atoms with Gasteiger partial charge in [-0.05, 0) is 38.1 Å². The third-order valence-corrected chi connectivity index (χ3v) is 4.57. The number of carboxylic acid groups (broad SMARTS) is 1. The summed E-state index contributed by atoms with van der Waals surface area (Å²) in [4.78, 5) is 19.4. The van der Waals surface area contributed by atoms with E-state index in [9.17, 15) is 9.18 Å². The summed E-state index contributed by atoms with van der Waals surface area (Å²) in [6.45, 7) is 2.52. The molecule has 26 heavy (non-hydrogen) atoms. The molecule has 2 aromatic rings. The van der Waals surface area contributed by atoms with E-state index in [-0.39, 0.29) is 24.8 Å². The van der Waals surface area contributed by atoms with Crippen molar-refractivity contribution in [2.24, 2.45) is 0 Å². The number of likely N-dealkylation sites (N-methyl/N-ethyl adjacent to an activating group) is 1. The zero-order chi connectivity index (χ0) is 17.8. The number of aromatic nitrogens is 1. The predicted molar refractivity (Wildman–Crippen MR) is 97.7 cm³/mol. The summed E-state index contributed by atoms with van der Waals surface area (Å²) in [5.41, 5.74) is 1.44. The van der Waals surface area contributed by atoms with Gasteiger partial charge in [0.05, 0.1) is 12.2 Å². The molecule has 1 aromatic heterocycles. The first-order valence-corrected chi connectivity index (χ1v) is 8.36. The van der Waals surface area contributed by atoms with Gasteiger partial charge in [0.1, 0.15) is 12.1 Å². The lowest BCUT2D eigenvalue weighted by Crippen LogP contribution is -2.44. The molecule has 1 aromatic carbocycles. The van der Waals surface area contributed by atoms with Crippen LogP contribution in [0, 0.1) is 5.82 Å². The fraction of sp³-hybridized carbons (Fsp3) is 0.444. The number of benzene rings is 1. The molecule has 0 saturated carbocycles. The van der Waals surface area contributed by atoms with Gasteiger partial charge in [-0.2, -0.15) is 0 Å². The molecule has 1 saturated heterocycles. The summed E-state index contributed by atoms with van der Waals surface area (Å²) in [7, 11) is 1.86. The molecule has 1 N–H and O–H groups in total. The Hall–Kier alpha value is -1.96. The van der Waals surface area contributed by atoms with E-state index in [1.165, 1.54) is 12.1 Å². The Bertz CT molecular complexity index is 732. The van der Waals surface area contributed by atoms with Crippen molar-refractivity contribution in [3.63, 3.8) is 0 Å². The fourth-order valence-corrected chi connectivity index (χ4v) is 3.22. The minimum atomic E-state index is -0.794. The van der Waals surface area contributed by atoms with Crippen LogP contribution in [0.5, 0.6) is 0 Å². The number of likely N-dealkylation sites (tertiary alicyclic amines) is 1. The highest BCUT2D eigenvalue weighted by Crippen LogP contribution is 2.21. The van der Waals surface area contributed by atoms with E-state index in [1.54, 1.807) is 18.4 Å². The maximum atomic E-state index is 13.3. The average Bonchev–Trinajstić information content (AvgIpc) is 3.03. The normalized spacial score (nSPS) is 15.8. The molecule has 0 radical (unpaired) electrons. The number of carbonyl (C=O) groups is 1. The molecule has 0 amide bonds. The molecule has 0 aliphatic carbocycles. The van der Waals surface area contributed by atoms with Gasteiger partial charge in [-0.15, -0.1) is 12.4 Å². The Kier molecular flexibility index (Phi) is 7.14. The van der Waals surface area contributed by atoms with Gasteiger partial charge >= 0.3 is 5.97 Å². The van der Waals surface area contributed by atoms with E-state index in [0.717, 1.165) is 31.6 Å². The van der Waals surface area contributed by atoms with Crippen molar-refractivity contribution in [3.05, 3.63) is 42.0 Å². The Morgan fingerprint density at radius 2 is 2.15 bits per heavy atom. The molecule has 0 spiro atoms. The van der Waals surface area contributed by atoms with Crippen LogP contribution in [-0.2, 0) is 11.3 Å². The van der Waals surface area contributed by atoms with Gasteiger partial charge in [0.2, 0.25) is 5.89 Å². The zero-order valence-corrected chi connectivity index (χ0v) is 15.4. The number of halogens is 2. The van der Waals surface area contributed by atoms with E-state index < -0.39 is 5.97 Å². The van der Waals surface area contributed by atoms with Crippen LogP contribution in [-0.4, -0.2) is 58.6 Å². The van der Waals surface area contributed by atoms with Crippen LogP contribution in [0.4, 0.5) is 4.39 Å². The summed E-state index contributed by atoms with van der Waals surface area (Å²) in [6, 6.07) is 6.49. The van der Waals surface area contributed by atoms with Crippen LogP contribution < -0.4 is 0 Å². The standard InChI is InChI=1S/C18H22FN3O3.ClH/c1-21(11-17(23)24)16-5-7-22(8-6-16)10-15-12-25-18(20-15)13-3-2-4-14(19)9-13;/h2-4,9,12,16H,5-8,10-11H2,1H3,(H,23,24);1H. The first-order chi connectivity index (χ1) is 12.0. The minimum Gasteiger partial charge on any atom is -0.480 e. The van der Waals surface area contributed by atoms with Gasteiger partial charge in [0.15, 0.2) is 0 Å². The van der Waals surface area contributed by atoms with Gasteiger partial charge in [-0.3, -0.25) is 14.6 Å². The SMILES string of the molecule is CN(CC(=O)O)C1CCN(Cc2coc(-c3cccc(F)c3)n2)CC1.Cl. The molecule has 1 aliphatic heterocycles. The number of aliphatic carboxylic acids is 1. The molecular formula is C18H23ClFN3O3. The topological polar surface area (TPSA) is 69.8 Å². The largest absolute Gasteiger partial charge is 0.480 e. The first kappa shape index (κ1) is 20.4. The van der Waals surface area contributed by atoms with Crippen LogP contribution in [0.3, 0.4) is 0 Å². The summed E-state index contributed by atoms with van der Waals surface area (Å²) < 4.78 is 18.8. The summed E-state index contributed by atoms with van der Waals surface area (Å²) in [5.74, 6) is -0.687. The monoisotopic (exact) mass is 383 g/mol. The smallest absolute Gasteiger partial charge is 0.317 e. The molecule has 0 atom stereocenters. The second-order valence-electron chi connectivity index (χ2n) is 6.47. The van der Waals surface area contributed by atoms with E-state index >= 15 is 0 Å². The predicted octanol–water partition coefficient (Wildman–Crippen LogP) is 2.88. The number of rotatable bonds is 6. The lowest BCUT2D eigenvalue weighted by atomic mass is 10.0. The van der Waals surface area contributed by atoms with Crippen molar-refractivity contribution in [1.29, 1.82) is 0 Å². The van der Waals surface area contributed by atoms with Gasteiger partial charge in [0, 0.05) is 31.2 Å². The number of hydrogen-bond donors (Lipinski definition) is 1. The van der Waals surface area contributed by atoms with Crippen molar-refractivity contribution in [2.75, 3.05) is 26.7 Å². The molecule has 0 bridgehead atoms. The molecule has 0 unspecified atom stereocenters. The van der Waals surface area contributed by atoms with Crippen molar-refractivity contribution in [3.8, 4) is 11.5 Å². The van der Waals surface area contributed by atoms with E-state index in [0.29, 0.717) is 24.0 Å². The summed E-state index contributed by atoms with van der Waals surface area (Å²) in [6.07, 6.45) is 3.47.